The third-order valence-corrected chi connectivity index (χ3v) is 16.2. The highest BCUT2D eigenvalue weighted by atomic mass is 32.7. The molecule has 4 aromatic heterocycles. The van der Waals surface area contributed by atoms with Crippen LogP contribution in [-0.4, -0.2) is 179 Å². The van der Waals surface area contributed by atoms with Crippen LogP contribution in [0.25, 0.3) is 11.2 Å². The van der Waals surface area contributed by atoms with E-state index in [1.54, 1.807) is 0 Å². The van der Waals surface area contributed by atoms with Gasteiger partial charge in [0.15, 0.2) is 23.8 Å². The van der Waals surface area contributed by atoms with Crippen LogP contribution in [0.5, 0.6) is 0 Å². The summed E-state index contributed by atoms with van der Waals surface area (Å²) < 4.78 is 127. The number of nitrogens with zero attached hydrogens (tertiary/aromatic N) is 6. The van der Waals surface area contributed by atoms with Crippen LogP contribution in [0.1, 0.15) is 62.8 Å². The van der Waals surface area contributed by atoms with Gasteiger partial charge in [0.05, 0.1) is 78.5 Å². The van der Waals surface area contributed by atoms with Crippen LogP contribution < -0.4 is 28.2 Å². The van der Waals surface area contributed by atoms with Gasteiger partial charge in [-0.15, -0.1) is 4.52 Å². The second-order valence-corrected chi connectivity index (χ2v) is 23.5. The normalized spacial score (nSPS) is 27.5. The van der Waals surface area contributed by atoms with Gasteiger partial charge in [0, 0.05) is 44.8 Å². The van der Waals surface area contributed by atoms with Crippen molar-refractivity contribution in [2.24, 2.45) is 0 Å². The molecule has 0 amide bonds. The first-order chi connectivity index (χ1) is 38.6. The average molecular weight is 1230 g/mol. The number of aromatic nitrogens is 8. The number of aryl methyl sites for hydroxylation is 2. The van der Waals surface area contributed by atoms with E-state index in [9.17, 15) is 42.7 Å². The van der Waals surface area contributed by atoms with E-state index in [4.69, 9.17) is 71.0 Å². The van der Waals surface area contributed by atoms with E-state index in [1.807, 2.05) is 0 Å². The van der Waals surface area contributed by atoms with Crippen LogP contribution in [0.15, 0.2) is 44.2 Å². The van der Waals surface area contributed by atoms with E-state index in [0.29, 0.717) is 6.42 Å². The molecule has 452 valence electrons. The topological polar surface area (TPSA) is 400 Å². The molecule has 4 aromatic rings. The lowest BCUT2D eigenvalue weighted by Gasteiger charge is -2.37. The number of nitrogen functional groups attached to an aromatic ring is 1. The Morgan fingerprint density at radius 3 is 1.84 bits per heavy atom. The van der Waals surface area contributed by atoms with Crippen molar-refractivity contribution in [3.05, 3.63) is 77.9 Å². The molecule has 0 saturated carbocycles. The third kappa shape index (κ3) is 15.3. The minimum Gasteiger partial charge on any atom is -0.382 e. The van der Waals surface area contributed by atoms with Crippen LogP contribution in [0, 0.1) is 13.8 Å². The maximum atomic E-state index is 14.6. The van der Waals surface area contributed by atoms with E-state index >= 15 is 0 Å². The number of hydrogen-bond donors (Lipinski definition) is 6. The maximum Gasteiger partial charge on any atom is 0.582 e. The van der Waals surface area contributed by atoms with Crippen molar-refractivity contribution in [1.29, 1.82) is 0 Å². The maximum absolute atomic E-state index is 14.6. The molecule has 0 radical (unpaired) electrons. The number of rotatable bonds is 33. The van der Waals surface area contributed by atoms with Gasteiger partial charge < -0.3 is 58.2 Å². The fraction of sp³-hybridized carbons (Fsp3) is 0.711. The Morgan fingerprint density at radius 2 is 1.28 bits per heavy atom. The Morgan fingerprint density at radius 1 is 0.753 bits per heavy atom. The molecule has 0 bridgehead atoms. The standard InChI is InChI=1S/C45H68N9O23P3S/c1-7-8-9-10-11-12-29-35(44(23-68-29,70-17-14-65-5)53-19-27(2)39(55)50-42(53)57)76-80(62,63)73-22-31-36(45(24-69-31,71-18-15-66-6)54-20-28(3)40(56)51-43(54)58)77-79(60,61)72-21-30-33(75-78(59)81)34(67-16-13-64-4)41(74-30)52-26-49-32-37(46)47-25-48-38(32)52/h19-20,25-26,29-31,33-36,41H,7-18,21-24H2,1-6H3,(H6-,46,47,48,50,51,55,56,57,58,59,60,61,62,63,81)/p+1/t29-,30-,31-,33?,34?,35?,36?,41-,44?,45?/m1/s1. The minimum absolute atomic E-state index is 0.0104. The lowest BCUT2D eigenvalue weighted by molar-refractivity contribution is -0.169. The fourth-order valence-corrected chi connectivity index (χ4v) is 12.3. The van der Waals surface area contributed by atoms with Gasteiger partial charge in [-0.25, -0.2) is 33.7 Å². The van der Waals surface area contributed by atoms with Gasteiger partial charge in [0.2, 0.25) is 11.4 Å². The van der Waals surface area contributed by atoms with E-state index in [0.717, 1.165) is 41.0 Å². The van der Waals surface area contributed by atoms with E-state index < -0.39 is 132 Å². The van der Waals surface area contributed by atoms with Crippen LogP contribution in [0.2, 0.25) is 0 Å². The highest BCUT2D eigenvalue weighted by Crippen LogP contribution is 2.54. The summed E-state index contributed by atoms with van der Waals surface area (Å²) in [6.07, 6.45) is -2.39. The lowest BCUT2D eigenvalue weighted by Crippen LogP contribution is -2.56. The van der Waals surface area contributed by atoms with Crippen molar-refractivity contribution in [1.82, 2.24) is 38.6 Å². The number of methoxy groups -OCH3 is 3. The zero-order valence-electron chi connectivity index (χ0n) is 45.3. The molecule has 3 fully saturated rings. The second-order valence-electron chi connectivity index (χ2n) is 19.0. The highest BCUT2D eigenvalue weighted by molar-refractivity contribution is 8.39. The van der Waals surface area contributed by atoms with Crippen molar-refractivity contribution in [3.8, 4) is 0 Å². The Labute approximate surface area is 468 Å². The first kappa shape index (κ1) is 64.5. The molecule has 36 heteroatoms. The molecule has 0 aliphatic carbocycles. The second kappa shape index (κ2) is 28.7. The Bertz CT molecular complexity index is 3110. The van der Waals surface area contributed by atoms with Crippen LogP contribution in [-0.2, 0) is 90.4 Å². The predicted octanol–water partition coefficient (Wildman–Crippen LogP) is 1.82. The molecule has 9 unspecified atom stereocenters. The molecule has 32 nitrogen and oxygen atoms in total. The number of fused-ring (bicyclic) bond motifs is 1. The van der Waals surface area contributed by atoms with Crippen molar-refractivity contribution in [2.45, 2.75) is 120 Å². The summed E-state index contributed by atoms with van der Waals surface area (Å²) in [4.78, 5) is 93.3. The fourth-order valence-electron chi connectivity index (χ4n) is 9.57. The number of nitrogens with two attached hydrogens (primary N) is 1. The van der Waals surface area contributed by atoms with Gasteiger partial charge in [-0.1, -0.05) is 39.0 Å². The average Bonchev–Trinajstić information content (AvgIpc) is 4.22. The Kier molecular flexibility index (Phi) is 22.9. The number of imidazole rings is 1. The number of nitrogens with one attached hydrogen (secondary N) is 2. The summed E-state index contributed by atoms with van der Waals surface area (Å²) in [5, 5.41) is 0. The monoisotopic (exact) mass is 1230 g/mol. The van der Waals surface area contributed by atoms with Gasteiger partial charge in [-0.3, -0.25) is 51.4 Å². The number of phosphoric ester groups is 2. The number of phosphoric acid groups is 2. The van der Waals surface area contributed by atoms with Crippen molar-refractivity contribution >= 4 is 52.1 Å². The molecule has 3 aliphatic heterocycles. The number of H-pyrrole nitrogens is 2. The molecule has 7 rings (SSSR count). The predicted molar refractivity (Wildman–Crippen MR) is 285 cm³/mol. The smallest absolute Gasteiger partial charge is 0.382 e. The number of aromatic amines is 2. The van der Waals surface area contributed by atoms with Crippen molar-refractivity contribution in [3.63, 3.8) is 0 Å². The zero-order chi connectivity index (χ0) is 58.7. The summed E-state index contributed by atoms with van der Waals surface area (Å²) in [7, 11) is -9.56. The van der Waals surface area contributed by atoms with Gasteiger partial charge in [-0.05, 0) is 24.8 Å². The molecule has 3 aliphatic rings. The molecule has 6 N–H and O–H groups in total. The molecule has 0 spiro atoms. The number of anilines is 1. The Balaban J connectivity index is 1.22. The number of ether oxygens (including phenoxy) is 9. The SMILES string of the molecule is CCCCCCC[C@H]1OCC(OCCOC)(n2cc(C)c(=O)[nH]c2=O)C1OP(=O)(O)OC[C@H]1OCC(OCCOC)(n2cc(C)c(=O)[nH]c2=O)C1OP(=O)(O)OC[C@H]1O[C@@H](n2cnc3c(N)ncnc32)C(OCCOC)C1O[P+](=O)S. The molecular weight excluding hydrogens is 1160 g/mol. The highest BCUT2D eigenvalue weighted by Gasteiger charge is 2.60. The molecule has 3 saturated heterocycles. The summed E-state index contributed by atoms with van der Waals surface area (Å²) in [5.41, 5.74) is -1.38. The van der Waals surface area contributed by atoms with Crippen molar-refractivity contribution in [2.75, 3.05) is 93.1 Å². The summed E-state index contributed by atoms with van der Waals surface area (Å²) in [6, 6.07) is 0. The summed E-state index contributed by atoms with van der Waals surface area (Å²) in [6.45, 7) is 1.17. The molecule has 7 heterocycles. The Hall–Kier alpha value is -4.02. The summed E-state index contributed by atoms with van der Waals surface area (Å²) in [5.74, 6) is 0.0372. The van der Waals surface area contributed by atoms with Crippen LogP contribution >= 0.6 is 35.1 Å². The lowest BCUT2D eigenvalue weighted by atomic mass is 9.99. The molecule has 0 aromatic carbocycles. The number of unbranched alkanes of at least 4 members (excludes halogenated alkanes) is 4. The summed E-state index contributed by atoms with van der Waals surface area (Å²) >= 11 is 3.95. The van der Waals surface area contributed by atoms with Crippen LogP contribution in [0.3, 0.4) is 0 Å². The van der Waals surface area contributed by atoms with Crippen LogP contribution in [0.4, 0.5) is 5.82 Å². The largest absolute Gasteiger partial charge is 0.582 e. The van der Waals surface area contributed by atoms with Crippen molar-refractivity contribution < 1.29 is 88.7 Å². The zero-order valence-corrected chi connectivity index (χ0v) is 48.8. The first-order valence-corrected chi connectivity index (χ1v) is 30.9. The molecule has 13 atom stereocenters. The minimum atomic E-state index is -5.57. The van der Waals surface area contributed by atoms with E-state index in [1.165, 1.54) is 58.6 Å². The van der Waals surface area contributed by atoms with Gasteiger partial charge in [0.1, 0.15) is 54.6 Å². The van der Waals surface area contributed by atoms with Gasteiger partial charge in [-0.2, -0.15) is 0 Å². The van der Waals surface area contributed by atoms with E-state index in [-0.39, 0.29) is 74.2 Å². The number of hydrogen-bond acceptors (Lipinski definition) is 25. The quantitative estimate of drug-likeness (QED) is 0.0225. The number of thiol groups is 1. The third-order valence-electron chi connectivity index (χ3n) is 13.6. The molecular formula is C45H69N9O23P3S+. The van der Waals surface area contributed by atoms with Gasteiger partial charge in [0.25, 0.3) is 11.1 Å². The van der Waals surface area contributed by atoms with Gasteiger partial charge >= 0.3 is 34.3 Å². The molecule has 81 heavy (non-hydrogen) atoms. The first-order valence-electron chi connectivity index (χ1n) is 25.6. The van der Waals surface area contributed by atoms with E-state index in [2.05, 4.69) is 44.1 Å².